The van der Waals surface area contributed by atoms with E-state index in [0.717, 1.165) is 24.3 Å². The molecule has 0 aliphatic heterocycles. The summed E-state index contributed by atoms with van der Waals surface area (Å²) in [5.74, 6) is -2.99. The molecule has 1 atom stereocenters. The monoisotopic (exact) mass is 295 g/mol. The number of benzene rings is 2. The molecular formula is C15H12F3NO2. The molecule has 0 heterocycles. The summed E-state index contributed by atoms with van der Waals surface area (Å²) in [6.45, 7) is -0.252. The average Bonchev–Trinajstić information content (AvgIpc) is 2.47. The van der Waals surface area contributed by atoms with E-state index in [9.17, 15) is 23.1 Å². The molecule has 2 aromatic carbocycles. The van der Waals surface area contributed by atoms with E-state index >= 15 is 0 Å². The Morgan fingerprint density at radius 3 is 2.52 bits per heavy atom. The van der Waals surface area contributed by atoms with Gasteiger partial charge >= 0.3 is 0 Å². The molecule has 0 aliphatic carbocycles. The maximum Gasteiger partial charge on any atom is 0.254 e. The Labute approximate surface area is 119 Å². The molecule has 0 aromatic heterocycles. The van der Waals surface area contributed by atoms with Crippen LogP contribution in [0.15, 0.2) is 42.5 Å². The largest absolute Gasteiger partial charge is 0.387 e. The Morgan fingerprint density at radius 1 is 1.10 bits per heavy atom. The molecule has 2 aromatic rings. The molecule has 3 nitrogen and oxygen atoms in total. The van der Waals surface area contributed by atoms with Gasteiger partial charge in [-0.05, 0) is 35.9 Å². The molecular weight excluding hydrogens is 283 g/mol. The van der Waals surface area contributed by atoms with Crippen molar-refractivity contribution in [3.63, 3.8) is 0 Å². The second kappa shape index (κ2) is 6.41. The fraction of sp³-hybridized carbons (Fsp3) is 0.133. The molecule has 0 saturated carbocycles. The van der Waals surface area contributed by atoms with Crippen molar-refractivity contribution >= 4 is 5.91 Å². The van der Waals surface area contributed by atoms with E-state index in [-0.39, 0.29) is 12.1 Å². The Bertz CT molecular complexity index is 661. The molecule has 2 rings (SSSR count). The highest BCUT2D eigenvalue weighted by molar-refractivity contribution is 5.94. The zero-order valence-electron chi connectivity index (χ0n) is 10.8. The third-order valence-corrected chi connectivity index (χ3v) is 2.86. The molecule has 0 spiro atoms. The summed E-state index contributed by atoms with van der Waals surface area (Å²) in [5.41, 5.74) is -0.184. The van der Waals surface area contributed by atoms with Crippen molar-refractivity contribution in [1.29, 1.82) is 0 Å². The normalized spacial score (nSPS) is 12.0. The van der Waals surface area contributed by atoms with Crippen LogP contribution in [0.5, 0.6) is 0 Å². The summed E-state index contributed by atoms with van der Waals surface area (Å²) >= 11 is 0. The molecule has 0 saturated heterocycles. The van der Waals surface area contributed by atoms with E-state index in [1.807, 2.05) is 0 Å². The quantitative estimate of drug-likeness (QED) is 0.911. The maximum atomic E-state index is 13.4. The van der Waals surface area contributed by atoms with E-state index in [1.165, 1.54) is 18.2 Å². The van der Waals surface area contributed by atoms with Crippen molar-refractivity contribution in [3.8, 4) is 0 Å². The second-order valence-corrected chi connectivity index (χ2v) is 4.40. The van der Waals surface area contributed by atoms with E-state index < -0.39 is 35.0 Å². The number of amides is 1. The van der Waals surface area contributed by atoms with E-state index in [0.29, 0.717) is 0 Å². The van der Waals surface area contributed by atoms with Gasteiger partial charge in [0.25, 0.3) is 5.91 Å². The zero-order chi connectivity index (χ0) is 15.4. The van der Waals surface area contributed by atoms with E-state index in [2.05, 4.69) is 5.32 Å². The molecule has 0 radical (unpaired) electrons. The van der Waals surface area contributed by atoms with Crippen LogP contribution in [0.1, 0.15) is 22.0 Å². The zero-order valence-corrected chi connectivity index (χ0v) is 10.8. The SMILES string of the molecule is O=C(NCC(O)c1cccc(F)c1)c1cc(F)ccc1F. The standard InChI is InChI=1S/C15H12F3NO2/c16-10-3-1-2-9(6-10)14(20)8-19-15(21)12-7-11(17)4-5-13(12)18/h1-7,14,20H,8H2,(H,19,21). The number of aliphatic hydroxyl groups is 1. The molecule has 1 amide bonds. The van der Waals surface area contributed by atoms with Gasteiger partial charge < -0.3 is 10.4 Å². The van der Waals surface area contributed by atoms with Gasteiger partial charge in [-0.25, -0.2) is 13.2 Å². The third kappa shape index (κ3) is 3.82. The number of nitrogens with one attached hydrogen (secondary N) is 1. The van der Waals surface area contributed by atoms with Crippen molar-refractivity contribution in [3.05, 3.63) is 71.0 Å². The van der Waals surface area contributed by atoms with Crippen LogP contribution >= 0.6 is 0 Å². The first-order valence-corrected chi connectivity index (χ1v) is 6.14. The maximum absolute atomic E-state index is 13.4. The van der Waals surface area contributed by atoms with Crippen LogP contribution in [0.3, 0.4) is 0 Å². The first-order valence-electron chi connectivity index (χ1n) is 6.14. The van der Waals surface area contributed by atoms with Gasteiger partial charge in [0.15, 0.2) is 0 Å². The summed E-state index contributed by atoms with van der Waals surface area (Å²) in [5, 5.41) is 12.1. The van der Waals surface area contributed by atoms with Gasteiger partial charge in [-0.3, -0.25) is 4.79 Å². The van der Waals surface area contributed by atoms with Crippen molar-refractivity contribution in [2.45, 2.75) is 6.10 Å². The van der Waals surface area contributed by atoms with Crippen LogP contribution in [0, 0.1) is 17.5 Å². The first-order chi connectivity index (χ1) is 9.97. The lowest BCUT2D eigenvalue weighted by atomic mass is 10.1. The topological polar surface area (TPSA) is 49.3 Å². The van der Waals surface area contributed by atoms with Gasteiger partial charge in [-0.15, -0.1) is 0 Å². The minimum absolute atomic E-state index is 0.252. The van der Waals surface area contributed by atoms with Crippen LogP contribution in [-0.2, 0) is 0 Å². The van der Waals surface area contributed by atoms with E-state index in [4.69, 9.17) is 0 Å². The Kier molecular flexibility index (Phi) is 4.59. The van der Waals surface area contributed by atoms with Gasteiger partial charge in [0, 0.05) is 6.54 Å². The summed E-state index contributed by atoms with van der Waals surface area (Å²) in [7, 11) is 0. The number of rotatable bonds is 4. The summed E-state index contributed by atoms with van der Waals surface area (Å²) in [6, 6.07) is 7.75. The Hall–Kier alpha value is -2.34. The summed E-state index contributed by atoms with van der Waals surface area (Å²) < 4.78 is 39.4. The van der Waals surface area contributed by atoms with Crippen molar-refractivity contribution in [1.82, 2.24) is 5.32 Å². The lowest BCUT2D eigenvalue weighted by molar-refractivity contribution is 0.0911. The molecule has 21 heavy (non-hydrogen) atoms. The molecule has 6 heteroatoms. The third-order valence-electron chi connectivity index (χ3n) is 2.86. The number of aliphatic hydroxyl groups excluding tert-OH is 1. The molecule has 1 unspecified atom stereocenters. The van der Waals surface area contributed by atoms with Gasteiger partial charge in [-0.2, -0.15) is 0 Å². The fourth-order valence-electron chi connectivity index (χ4n) is 1.79. The number of hydrogen-bond acceptors (Lipinski definition) is 2. The van der Waals surface area contributed by atoms with E-state index in [1.54, 1.807) is 0 Å². The highest BCUT2D eigenvalue weighted by atomic mass is 19.1. The number of halogens is 3. The highest BCUT2D eigenvalue weighted by Crippen LogP contribution is 2.14. The van der Waals surface area contributed by atoms with Crippen LogP contribution in [0.2, 0.25) is 0 Å². The minimum Gasteiger partial charge on any atom is -0.387 e. The fourth-order valence-corrected chi connectivity index (χ4v) is 1.79. The van der Waals surface area contributed by atoms with Crippen LogP contribution in [-0.4, -0.2) is 17.6 Å². The van der Waals surface area contributed by atoms with Crippen LogP contribution < -0.4 is 5.32 Å². The van der Waals surface area contributed by atoms with Crippen molar-refractivity contribution in [2.75, 3.05) is 6.54 Å². The summed E-state index contributed by atoms with van der Waals surface area (Å²) in [6.07, 6.45) is -1.15. The first kappa shape index (κ1) is 15.1. The molecule has 2 N–H and O–H groups in total. The number of carbonyl (C=O) groups excluding carboxylic acids is 1. The van der Waals surface area contributed by atoms with Gasteiger partial charge in [0.05, 0.1) is 11.7 Å². The Morgan fingerprint density at radius 2 is 1.81 bits per heavy atom. The predicted molar refractivity (Wildman–Crippen MR) is 70.1 cm³/mol. The minimum atomic E-state index is -1.15. The number of hydrogen-bond donors (Lipinski definition) is 2. The lowest BCUT2D eigenvalue weighted by Crippen LogP contribution is -2.29. The highest BCUT2D eigenvalue weighted by Gasteiger charge is 2.15. The average molecular weight is 295 g/mol. The molecule has 110 valence electrons. The van der Waals surface area contributed by atoms with Crippen molar-refractivity contribution < 1.29 is 23.1 Å². The smallest absolute Gasteiger partial charge is 0.254 e. The number of carbonyl (C=O) groups is 1. The lowest BCUT2D eigenvalue weighted by Gasteiger charge is -2.12. The van der Waals surface area contributed by atoms with Crippen LogP contribution in [0.4, 0.5) is 13.2 Å². The van der Waals surface area contributed by atoms with Crippen molar-refractivity contribution in [2.24, 2.45) is 0 Å². The van der Waals surface area contributed by atoms with Gasteiger partial charge in [0.1, 0.15) is 17.5 Å². The Balaban J connectivity index is 2.02. The second-order valence-electron chi connectivity index (χ2n) is 4.40. The molecule has 0 fully saturated rings. The van der Waals surface area contributed by atoms with Gasteiger partial charge in [0.2, 0.25) is 0 Å². The molecule has 0 aliphatic rings. The van der Waals surface area contributed by atoms with Gasteiger partial charge in [-0.1, -0.05) is 12.1 Å². The predicted octanol–water partition coefficient (Wildman–Crippen LogP) is 2.57. The van der Waals surface area contributed by atoms with Crippen LogP contribution in [0.25, 0.3) is 0 Å². The molecule has 0 bridgehead atoms. The summed E-state index contributed by atoms with van der Waals surface area (Å²) in [4.78, 5) is 11.7.